The third kappa shape index (κ3) is 3.99. The molecule has 4 rings (SSSR count). The van der Waals surface area contributed by atoms with Gasteiger partial charge < -0.3 is 4.90 Å². The third-order valence-electron chi connectivity index (χ3n) is 4.84. The van der Waals surface area contributed by atoms with E-state index in [1.165, 1.54) is 12.1 Å². The van der Waals surface area contributed by atoms with Crippen molar-refractivity contribution < 1.29 is 9.18 Å². The quantitative estimate of drug-likeness (QED) is 0.742. The standard InChI is InChI=1S/C19H21FN6O/c20-16-5-1-3-14(11-16)12-26-18(7-9-22-26)23-19(27)25-10-2-4-15(13-25)17-6-8-21-24-17/h1,3,5-9,11,15H,2,4,10,12-13H2,(H,21,24)(H,23,27)/t15-/m0/s1. The first kappa shape index (κ1) is 17.3. The normalized spacial score (nSPS) is 17.1. The summed E-state index contributed by atoms with van der Waals surface area (Å²) in [6, 6.07) is 9.91. The van der Waals surface area contributed by atoms with Gasteiger partial charge in [0.25, 0.3) is 0 Å². The van der Waals surface area contributed by atoms with Crippen molar-refractivity contribution in [1.29, 1.82) is 0 Å². The van der Waals surface area contributed by atoms with Crippen LogP contribution < -0.4 is 5.32 Å². The lowest BCUT2D eigenvalue weighted by Crippen LogP contribution is -2.42. The zero-order valence-corrected chi connectivity index (χ0v) is 14.8. The van der Waals surface area contributed by atoms with Crippen molar-refractivity contribution in [1.82, 2.24) is 24.9 Å². The summed E-state index contributed by atoms with van der Waals surface area (Å²) < 4.78 is 15.0. The first-order valence-corrected chi connectivity index (χ1v) is 9.00. The van der Waals surface area contributed by atoms with Gasteiger partial charge in [0.1, 0.15) is 11.6 Å². The Morgan fingerprint density at radius 1 is 1.30 bits per heavy atom. The molecule has 0 radical (unpaired) electrons. The van der Waals surface area contributed by atoms with Crippen LogP contribution in [0.1, 0.15) is 30.0 Å². The van der Waals surface area contributed by atoms with Gasteiger partial charge in [-0.15, -0.1) is 0 Å². The molecule has 8 heteroatoms. The highest BCUT2D eigenvalue weighted by Crippen LogP contribution is 2.25. The van der Waals surface area contributed by atoms with Gasteiger partial charge in [-0.3, -0.25) is 10.4 Å². The molecule has 1 aromatic carbocycles. The predicted molar refractivity (Wildman–Crippen MR) is 98.9 cm³/mol. The van der Waals surface area contributed by atoms with Gasteiger partial charge in [-0.2, -0.15) is 10.2 Å². The first-order chi connectivity index (χ1) is 13.2. The van der Waals surface area contributed by atoms with E-state index in [9.17, 15) is 9.18 Å². The second-order valence-electron chi connectivity index (χ2n) is 6.73. The molecule has 140 valence electrons. The largest absolute Gasteiger partial charge is 0.324 e. The number of hydrogen-bond acceptors (Lipinski definition) is 3. The molecule has 1 fully saturated rings. The van der Waals surface area contributed by atoms with Crippen LogP contribution in [0.2, 0.25) is 0 Å². The van der Waals surface area contributed by atoms with Crippen molar-refractivity contribution in [3.05, 3.63) is 65.9 Å². The van der Waals surface area contributed by atoms with Crippen LogP contribution in [0.15, 0.2) is 48.8 Å². The average Bonchev–Trinajstić information content (AvgIpc) is 3.35. The Labute approximate surface area is 156 Å². The Morgan fingerprint density at radius 2 is 2.22 bits per heavy atom. The Balaban J connectivity index is 1.42. The number of urea groups is 1. The van der Waals surface area contributed by atoms with Gasteiger partial charge in [0.2, 0.25) is 0 Å². The summed E-state index contributed by atoms with van der Waals surface area (Å²) in [6.45, 7) is 1.75. The van der Waals surface area contributed by atoms with Gasteiger partial charge in [0.05, 0.1) is 12.7 Å². The van der Waals surface area contributed by atoms with E-state index < -0.39 is 0 Å². The summed E-state index contributed by atoms with van der Waals surface area (Å²) >= 11 is 0. The molecule has 1 aliphatic heterocycles. The molecule has 0 bridgehead atoms. The van der Waals surface area contributed by atoms with E-state index in [0.29, 0.717) is 25.5 Å². The van der Waals surface area contributed by atoms with Gasteiger partial charge in [0, 0.05) is 37.0 Å². The molecule has 2 amide bonds. The number of rotatable bonds is 4. The number of H-pyrrole nitrogens is 1. The summed E-state index contributed by atoms with van der Waals surface area (Å²) in [5, 5.41) is 14.2. The fourth-order valence-corrected chi connectivity index (χ4v) is 3.47. The summed E-state index contributed by atoms with van der Waals surface area (Å²) in [5.41, 5.74) is 1.84. The molecular formula is C19H21FN6O. The van der Waals surface area contributed by atoms with E-state index in [2.05, 4.69) is 20.6 Å². The van der Waals surface area contributed by atoms with Crippen LogP contribution in [0.4, 0.5) is 15.0 Å². The van der Waals surface area contributed by atoms with Crippen molar-refractivity contribution in [3.63, 3.8) is 0 Å². The maximum Gasteiger partial charge on any atom is 0.323 e. The Kier molecular flexibility index (Phi) is 4.86. The molecule has 1 aliphatic rings. The summed E-state index contributed by atoms with van der Waals surface area (Å²) in [4.78, 5) is 14.5. The van der Waals surface area contributed by atoms with Crippen molar-refractivity contribution in [2.75, 3.05) is 18.4 Å². The lowest BCUT2D eigenvalue weighted by molar-refractivity contribution is 0.192. The van der Waals surface area contributed by atoms with Crippen LogP contribution in [0.5, 0.6) is 0 Å². The van der Waals surface area contributed by atoms with Crippen LogP contribution in [0, 0.1) is 5.82 Å². The predicted octanol–water partition coefficient (Wildman–Crippen LogP) is 3.21. The molecule has 2 aromatic heterocycles. The number of carbonyl (C=O) groups excluding carboxylic acids is 1. The molecule has 2 N–H and O–H groups in total. The van der Waals surface area contributed by atoms with Crippen LogP contribution >= 0.6 is 0 Å². The van der Waals surface area contributed by atoms with Crippen molar-refractivity contribution >= 4 is 11.8 Å². The number of halogens is 1. The molecule has 0 saturated carbocycles. The zero-order valence-electron chi connectivity index (χ0n) is 14.8. The highest BCUT2D eigenvalue weighted by atomic mass is 19.1. The van der Waals surface area contributed by atoms with E-state index >= 15 is 0 Å². The lowest BCUT2D eigenvalue weighted by Gasteiger charge is -2.32. The van der Waals surface area contributed by atoms with Crippen molar-refractivity contribution in [2.24, 2.45) is 0 Å². The second-order valence-corrected chi connectivity index (χ2v) is 6.73. The fourth-order valence-electron chi connectivity index (χ4n) is 3.47. The summed E-state index contributed by atoms with van der Waals surface area (Å²) in [5.74, 6) is 0.570. The van der Waals surface area contributed by atoms with E-state index in [4.69, 9.17) is 0 Å². The van der Waals surface area contributed by atoms with Crippen LogP contribution in [-0.4, -0.2) is 44.0 Å². The third-order valence-corrected chi connectivity index (χ3v) is 4.84. The number of piperidine rings is 1. The first-order valence-electron chi connectivity index (χ1n) is 9.00. The van der Waals surface area contributed by atoms with E-state index in [-0.39, 0.29) is 17.8 Å². The van der Waals surface area contributed by atoms with Crippen molar-refractivity contribution in [2.45, 2.75) is 25.3 Å². The number of benzene rings is 1. The van der Waals surface area contributed by atoms with Gasteiger partial charge >= 0.3 is 6.03 Å². The molecule has 27 heavy (non-hydrogen) atoms. The van der Waals surface area contributed by atoms with Crippen LogP contribution in [-0.2, 0) is 6.54 Å². The number of nitrogens with one attached hydrogen (secondary N) is 2. The number of amides is 2. The molecule has 0 aliphatic carbocycles. The minimum atomic E-state index is -0.289. The molecule has 3 heterocycles. The topological polar surface area (TPSA) is 78.8 Å². The minimum Gasteiger partial charge on any atom is -0.324 e. The Hall–Kier alpha value is -3.16. The Morgan fingerprint density at radius 3 is 3.04 bits per heavy atom. The number of likely N-dealkylation sites (tertiary alicyclic amines) is 1. The highest BCUT2D eigenvalue weighted by Gasteiger charge is 2.26. The number of aromatic nitrogens is 4. The molecule has 1 atom stereocenters. The number of aromatic amines is 1. The Bertz CT molecular complexity index is 907. The molecule has 3 aromatic rings. The van der Waals surface area contributed by atoms with E-state index in [1.807, 2.05) is 17.0 Å². The van der Waals surface area contributed by atoms with Gasteiger partial charge in [-0.05, 0) is 36.6 Å². The minimum absolute atomic E-state index is 0.153. The monoisotopic (exact) mass is 368 g/mol. The molecule has 0 spiro atoms. The van der Waals surface area contributed by atoms with Gasteiger partial charge in [-0.25, -0.2) is 13.9 Å². The summed E-state index contributed by atoms with van der Waals surface area (Å²) in [6.07, 6.45) is 5.33. The average molecular weight is 368 g/mol. The van der Waals surface area contributed by atoms with Gasteiger partial charge in [0.15, 0.2) is 0 Å². The number of carbonyl (C=O) groups is 1. The maximum absolute atomic E-state index is 13.4. The van der Waals surface area contributed by atoms with Crippen molar-refractivity contribution in [3.8, 4) is 0 Å². The number of anilines is 1. The summed E-state index contributed by atoms with van der Waals surface area (Å²) in [7, 11) is 0. The second kappa shape index (κ2) is 7.61. The van der Waals surface area contributed by atoms with E-state index in [0.717, 1.165) is 24.1 Å². The molecule has 0 unspecified atom stereocenters. The molecular weight excluding hydrogens is 347 g/mol. The smallest absolute Gasteiger partial charge is 0.323 e. The van der Waals surface area contributed by atoms with Crippen LogP contribution in [0.25, 0.3) is 0 Å². The van der Waals surface area contributed by atoms with Gasteiger partial charge in [-0.1, -0.05) is 12.1 Å². The molecule has 7 nitrogen and oxygen atoms in total. The SMILES string of the molecule is O=C(Nc1ccnn1Cc1cccc(F)c1)N1CCC[C@H](c2ccn[nH]2)C1. The molecule has 1 saturated heterocycles. The van der Waals surface area contributed by atoms with E-state index in [1.54, 1.807) is 29.2 Å². The highest BCUT2D eigenvalue weighted by molar-refractivity contribution is 5.88. The lowest BCUT2D eigenvalue weighted by atomic mass is 9.95. The van der Waals surface area contributed by atoms with Crippen LogP contribution in [0.3, 0.4) is 0 Å². The maximum atomic E-state index is 13.4. The number of nitrogens with zero attached hydrogens (tertiary/aromatic N) is 4. The number of hydrogen-bond donors (Lipinski definition) is 2. The zero-order chi connectivity index (χ0) is 18.6. The fraction of sp³-hybridized carbons (Fsp3) is 0.316.